The van der Waals surface area contributed by atoms with Crippen molar-refractivity contribution in [3.8, 4) is 0 Å². The molecule has 1 fully saturated rings. The Kier molecular flexibility index (Phi) is 3.41. The molecule has 0 spiro atoms. The molecular weight excluding hydrogens is 304 g/mol. The van der Waals surface area contributed by atoms with E-state index in [2.05, 4.69) is 24.9 Å². The van der Waals surface area contributed by atoms with Crippen molar-refractivity contribution in [2.45, 2.75) is 6.04 Å². The Bertz CT molecular complexity index is 947. The first-order chi connectivity index (χ1) is 11.6. The van der Waals surface area contributed by atoms with Crippen LogP contribution in [0, 0.1) is 0 Å². The van der Waals surface area contributed by atoms with Gasteiger partial charge < -0.3 is 9.80 Å². The summed E-state index contributed by atoms with van der Waals surface area (Å²) in [6.45, 7) is 1.67. The summed E-state index contributed by atoms with van der Waals surface area (Å²) in [5, 5.41) is 4.07. The van der Waals surface area contributed by atoms with Gasteiger partial charge in [-0.3, -0.25) is 9.78 Å². The van der Waals surface area contributed by atoms with Gasteiger partial charge in [-0.1, -0.05) is 12.1 Å². The van der Waals surface area contributed by atoms with Crippen LogP contribution in [0.1, 0.15) is 0 Å². The second-order valence-electron chi connectivity index (χ2n) is 6.06. The average Bonchev–Trinajstić information content (AvgIpc) is 2.56. The highest BCUT2D eigenvalue weighted by atomic mass is 16.1. The van der Waals surface area contributed by atoms with E-state index >= 15 is 0 Å². The molecule has 7 nitrogen and oxygen atoms in total. The predicted molar refractivity (Wildman–Crippen MR) is 93.4 cm³/mol. The van der Waals surface area contributed by atoms with Crippen LogP contribution in [0.5, 0.6) is 0 Å². The molecule has 0 unspecified atom stereocenters. The molecular formula is C17H18N6O. The Morgan fingerprint density at radius 3 is 2.67 bits per heavy atom. The lowest BCUT2D eigenvalue weighted by atomic mass is 10.1. The van der Waals surface area contributed by atoms with Crippen molar-refractivity contribution < 1.29 is 0 Å². The number of aromatic nitrogens is 4. The summed E-state index contributed by atoms with van der Waals surface area (Å²) in [6.07, 6.45) is 3.54. The van der Waals surface area contributed by atoms with E-state index in [4.69, 9.17) is 0 Å². The highest BCUT2D eigenvalue weighted by Crippen LogP contribution is 2.24. The molecule has 0 atom stereocenters. The molecule has 122 valence electrons. The lowest BCUT2D eigenvalue weighted by molar-refractivity contribution is 0.491. The van der Waals surface area contributed by atoms with Gasteiger partial charge in [-0.25, -0.2) is 9.67 Å². The van der Waals surface area contributed by atoms with E-state index in [1.165, 1.54) is 4.68 Å². The number of hydrogen-bond donors (Lipinski definition) is 0. The lowest BCUT2D eigenvalue weighted by Gasteiger charge is -2.45. The number of likely N-dealkylation sites (N-methyl/N-ethyl adjacent to an activating group) is 1. The van der Waals surface area contributed by atoms with Crippen LogP contribution < -0.4 is 15.4 Å². The Morgan fingerprint density at radius 2 is 1.92 bits per heavy atom. The summed E-state index contributed by atoms with van der Waals surface area (Å²) in [5.74, 6) is 0.862. The predicted octanol–water partition coefficient (Wildman–Crippen LogP) is 1.05. The number of aryl methyl sites for hydroxylation is 1. The summed E-state index contributed by atoms with van der Waals surface area (Å²) >= 11 is 0. The fourth-order valence-electron chi connectivity index (χ4n) is 2.85. The molecule has 0 aliphatic carbocycles. The zero-order valence-electron chi connectivity index (χ0n) is 13.6. The van der Waals surface area contributed by atoms with Crippen LogP contribution in [0.2, 0.25) is 0 Å². The SMILES string of the molecule is CN(c1cnc2ccccc2n1)C1CN(c2cnn(C)c(=O)c2)C1. The third kappa shape index (κ3) is 2.47. The maximum absolute atomic E-state index is 11.7. The first kappa shape index (κ1) is 14.6. The van der Waals surface area contributed by atoms with E-state index in [1.54, 1.807) is 19.3 Å². The van der Waals surface area contributed by atoms with Crippen LogP contribution in [0.4, 0.5) is 11.5 Å². The van der Waals surface area contributed by atoms with E-state index in [0.717, 1.165) is 35.6 Å². The highest BCUT2D eigenvalue weighted by Gasteiger charge is 2.31. The van der Waals surface area contributed by atoms with Gasteiger partial charge in [0.15, 0.2) is 0 Å². The van der Waals surface area contributed by atoms with Gasteiger partial charge in [-0.2, -0.15) is 5.10 Å². The van der Waals surface area contributed by atoms with E-state index in [1.807, 2.05) is 37.5 Å². The first-order valence-electron chi connectivity index (χ1n) is 7.85. The van der Waals surface area contributed by atoms with Gasteiger partial charge in [-0.15, -0.1) is 0 Å². The van der Waals surface area contributed by atoms with Crippen molar-refractivity contribution in [2.75, 3.05) is 29.9 Å². The van der Waals surface area contributed by atoms with Crippen LogP contribution in [0.25, 0.3) is 11.0 Å². The number of anilines is 2. The van der Waals surface area contributed by atoms with Crippen LogP contribution in [0.3, 0.4) is 0 Å². The van der Waals surface area contributed by atoms with Crippen LogP contribution in [0.15, 0.2) is 47.5 Å². The summed E-state index contributed by atoms with van der Waals surface area (Å²) in [5.41, 5.74) is 2.57. The van der Waals surface area contributed by atoms with E-state index < -0.39 is 0 Å². The van der Waals surface area contributed by atoms with Gasteiger partial charge >= 0.3 is 0 Å². The van der Waals surface area contributed by atoms with Crippen molar-refractivity contribution in [3.05, 3.63) is 53.1 Å². The molecule has 0 bridgehead atoms. The van der Waals surface area contributed by atoms with Gasteiger partial charge in [0.1, 0.15) is 5.82 Å². The first-order valence-corrected chi connectivity index (χ1v) is 7.85. The zero-order chi connectivity index (χ0) is 16.7. The third-order valence-corrected chi connectivity index (χ3v) is 4.53. The van der Waals surface area contributed by atoms with Crippen LogP contribution >= 0.6 is 0 Å². The van der Waals surface area contributed by atoms with Crippen molar-refractivity contribution in [1.82, 2.24) is 19.7 Å². The number of benzene rings is 1. The standard InChI is InChI=1S/C17H18N6O/c1-21(16-9-18-14-5-3-4-6-15(14)20-16)13-10-23(11-13)12-7-17(24)22(2)19-8-12/h3-9,13H,10-11H2,1-2H3. The Balaban J connectivity index is 1.49. The van der Waals surface area contributed by atoms with Crippen molar-refractivity contribution in [2.24, 2.45) is 7.05 Å². The van der Waals surface area contributed by atoms with E-state index in [0.29, 0.717) is 6.04 Å². The Hall–Kier alpha value is -2.96. The zero-order valence-corrected chi connectivity index (χ0v) is 13.6. The van der Waals surface area contributed by atoms with Gasteiger partial charge in [-0.05, 0) is 12.1 Å². The fourth-order valence-corrected chi connectivity index (χ4v) is 2.85. The normalized spacial score (nSPS) is 14.7. The molecule has 7 heteroatoms. The molecule has 0 radical (unpaired) electrons. The number of rotatable bonds is 3. The Morgan fingerprint density at radius 1 is 1.17 bits per heavy atom. The van der Waals surface area contributed by atoms with Gasteiger partial charge in [0, 0.05) is 33.3 Å². The molecule has 24 heavy (non-hydrogen) atoms. The molecule has 3 heterocycles. The minimum atomic E-state index is -0.0929. The van der Waals surface area contributed by atoms with Crippen molar-refractivity contribution >= 4 is 22.5 Å². The molecule has 1 aromatic carbocycles. The number of hydrogen-bond acceptors (Lipinski definition) is 6. The summed E-state index contributed by atoms with van der Waals surface area (Å²) < 4.78 is 1.33. The fraction of sp³-hybridized carbons (Fsp3) is 0.294. The quantitative estimate of drug-likeness (QED) is 0.718. The minimum absolute atomic E-state index is 0.0929. The van der Waals surface area contributed by atoms with Gasteiger partial charge in [0.05, 0.1) is 35.2 Å². The molecule has 1 aliphatic heterocycles. The molecule has 1 aliphatic rings. The lowest BCUT2D eigenvalue weighted by Crippen LogP contribution is -2.59. The maximum Gasteiger partial charge on any atom is 0.268 e. The highest BCUT2D eigenvalue weighted by molar-refractivity contribution is 5.75. The molecule has 1 saturated heterocycles. The molecule has 0 N–H and O–H groups in total. The number of fused-ring (bicyclic) bond motifs is 1. The average molecular weight is 322 g/mol. The largest absolute Gasteiger partial charge is 0.366 e. The molecule has 4 rings (SSSR count). The van der Waals surface area contributed by atoms with E-state index in [-0.39, 0.29) is 5.56 Å². The molecule has 0 saturated carbocycles. The van der Waals surface area contributed by atoms with Crippen LogP contribution in [-0.4, -0.2) is 45.9 Å². The monoisotopic (exact) mass is 322 g/mol. The number of nitrogens with zero attached hydrogens (tertiary/aromatic N) is 6. The summed E-state index contributed by atoms with van der Waals surface area (Å²) in [4.78, 5) is 25.1. The minimum Gasteiger partial charge on any atom is -0.366 e. The topological polar surface area (TPSA) is 67.2 Å². The van der Waals surface area contributed by atoms with Crippen LogP contribution in [-0.2, 0) is 7.05 Å². The second-order valence-corrected chi connectivity index (χ2v) is 6.06. The molecule has 2 aromatic heterocycles. The summed E-state index contributed by atoms with van der Waals surface area (Å²) in [6, 6.07) is 9.82. The third-order valence-electron chi connectivity index (χ3n) is 4.53. The second kappa shape index (κ2) is 5.59. The van der Waals surface area contributed by atoms with E-state index in [9.17, 15) is 4.79 Å². The van der Waals surface area contributed by atoms with Crippen molar-refractivity contribution in [3.63, 3.8) is 0 Å². The number of para-hydroxylation sites is 2. The molecule has 3 aromatic rings. The maximum atomic E-state index is 11.7. The van der Waals surface area contributed by atoms with Gasteiger partial charge in [0.2, 0.25) is 0 Å². The van der Waals surface area contributed by atoms with Gasteiger partial charge in [0.25, 0.3) is 5.56 Å². The Labute approximate surface area is 139 Å². The van der Waals surface area contributed by atoms with Crippen molar-refractivity contribution in [1.29, 1.82) is 0 Å². The smallest absolute Gasteiger partial charge is 0.268 e. The summed E-state index contributed by atoms with van der Waals surface area (Å²) in [7, 11) is 3.68. The molecule has 0 amide bonds.